The first kappa shape index (κ1) is 14.3. The van der Waals surface area contributed by atoms with Crippen molar-refractivity contribution in [3.63, 3.8) is 0 Å². The Kier molecular flexibility index (Phi) is 3.94. The molecule has 0 radical (unpaired) electrons. The highest BCUT2D eigenvalue weighted by molar-refractivity contribution is 5.43. The largest absolute Gasteiger partial charge is 0.394 e. The molecule has 0 fully saturated rings. The van der Waals surface area contributed by atoms with E-state index < -0.39 is 28.9 Å². The second-order valence-corrected chi connectivity index (χ2v) is 4.57. The Morgan fingerprint density at radius 3 is 2.40 bits per heavy atom. The number of aromatic nitrogens is 1. The van der Waals surface area contributed by atoms with E-state index in [9.17, 15) is 18.3 Å². The third-order valence-corrected chi connectivity index (χ3v) is 3.01. The molecular formula is C14H13F3N2O. The molecule has 1 heterocycles. The Labute approximate surface area is 114 Å². The van der Waals surface area contributed by atoms with E-state index in [1.165, 1.54) is 0 Å². The molecule has 0 saturated heterocycles. The topological polar surface area (TPSA) is 45.1 Å². The molecule has 0 aliphatic heterocycles. The smallest absolute Gasteiger partial charge is 0.251 e. The highest BCUT2D eigenvalue weighted by atomic mass is 19.2. The van der Waals surface area contributed by atoms with Gasteiger partial charge in [-0.2, -0.15) is 9.37 Å². The maximum absolute atomic E-state index is 13.6. The van der Waals surface area contributed by atoms with Crippen molar-refractivity contribution in [2.24, 2.45) is 0 Å². The maximum Gasteiger partial charge on any atom is 0.251 e. The first-order valence-corrected chi connectivity index (χ1v) is 5.92. The molecule has 0 saturated carbocycles. The number of aliphatic hydroxyl groups excluding tert-OH is 1. The summed E-state index contributed by atoms with van der Waals surface area (Å²) in [6.45, 7) is 1.22. The van der Waals surface area contributed by atoms with Gasteiger partial charge in [-0.25, -0.2) is 8.78 Å². The lowest BCUT2D eigenvalue weighted by Gasteiger charge is -2.30. The Morgan fingerprint density at radius 1 is 1.15 bits per heavy atom. The van der Waals surface area contributed by atoms with Crippen molar-refractivity contribution in [3.8, 4) is 0 Å². The van der Waals surface area contributed by atoms with E-state index in [4.69, 9.17) is 0 Å². The van der Waals surface area contributed by atoms with Gasteiger partial charge in [-0.1, -0.05) is 30.3 Å². The molecule has 0 spiro atoms. The van der Waals surface area contributed by atoms with E-state index in [1.807, 2.05) is 0 Å². The van der Waals surface area contributed by atoms with E-state index in [2.05, 4.69) is 10.3 Å². The number of nitrogens with one attached hydrogen (secondary N) is 1. The van der Waals surface area contributed by atoms with Crippen LogP contribution in [0.1, 0.15) is 12.5 Å². The number of hydrogen-bond acceptors (Lipinski definition) is 3. The molecule has 6 heteroatoms. The van der Waals surface area contributed by atoms with Gasteiger partial charge in [-0.15, -0.1) is 0 Å². The van der Waals surface area contributed by atoms with Gasteiger partial charge in [0.1, 0.15) is 0 Å². The summed E-state index contributed by atoms with van der Waals surface area (Å²) in [6.07, 6.45) is 0. The minimum absolute atomic E-state index is 0.378. The van der Waals surface area contributed by atoms with Crippen LogP contribution in [0.4, 0.5) is 19.0 Å². The summed E-state index contributed by atoms with van der Waals surface area (Å²) >= 11 is 0. The number of pyridine rings is 1. The van der Waals surface area contributed by atoms with Crippen molar-refractivity contribution in [1.82, 2.24) is 4.98 Å². The van der Waals surface area contributed by atoms with Crippen molar-refractivity contribution in [1.29, 1.82) is 0 Å². The van der Waals surface area contributed by atoms with Crippen LogP contribution in [-0.4, -0.2) is 16.7 Å². The molecule has 1 atom stereocenters. The molecule has 2 rings (SSSR count). The molecule has 2 N–H and O–H groups in total. The predicted molar refractivity (Wildman–Crippen MR) is 68.6 cm³/mol. The molecule has 20 heavy (non-hydrogen) atoms. The normalized spacial score (nSPS) is 13.8. The number of halogens is 3. The summed E-state index contributed by atoms with van der Waals surface area (Å²) in [5.41, 5.74) is -0.409. The Bertz CT molecular complexity index is 607. The molecular weight excluding hydrogens is 269 g/mol. The quantitative estimate of drug-likeness (QED) is 0.848. The third kappa shape index (κ3) is 2.75. The second kappa shape index (κ2) is 5.50. The van der Waals surface area contributed by atoms with Crippen LogP contribution >= 0.6 is 0 Å². The SMILES string of the molecule is CC(CO)(Nc1nc(F)c(F)cc1F)c1ccccc1. The summed E-state index contributed by atoms with van der Waals surface area (Å²) in [5, 5.41) is 12.1. The number of benzene rings is 1. The monoisotopic (exact) mass is 282 g/mol. The fourth-order valence-corrected chi connectivity index (χ4v) is 1.80. The number of aliphatic hydroxyl groups is 1. The first-order chi connectivity index (χ1) is 9.46. The molecule has 106 valence electrons. The second-order valence-electron chi connectivity index (χ2n) is 4.57. The van der Waals surface area contributed by atoms with E-state index >= 15 is 0 Å². The van der Waals surface area contributed by atoms with Gasteiger partial charge < -0.3 is 10.4 Å². The maximum atomic E-state index is 13.6. The molecule has 1 unspecified atom stereocenters. The fraction of sp³-hybridized carbons (Fsp3) is 0.214. The minimum atomic E-state index is -1.40. The lowest BCUT2D eigenvalue weighted by Crippen LogP contribution is -2.36. The zero-order chi connectivity index (χ0) is 14.8. The first-order valence-electron chi connectivity index (χ1n) is 5.92. The summed E-state index contributed by atoms with van der Waals surface area (Å²) in [4.78, 5) is 3.19. The van der Waals surface area contributed by atoms with Crippen LogP contribution in [0.3, 0.4) is 0 Å². The van der Waals surface area contributed by atoms with Crippen molar-refractivity contribution < 1.29 is 18.3 Å². The average Bonchev–Trinajstić information content (AvgIpc) is 2.45. The summed E-state index contributed by atoms with van der Waals surface area (Å²) in [5.74, 6) is -4.25. The number of rotatable bonds is 4. The number of anilines is 1. The van der Waals surface area contributed by atoms with Gasteiger partial charge in [0.05, 0.1) is 12.1 Å². The standard InChI is InChI=1S/C14H13F3N2O/c1-14(8-20,9-5-3-2-4-6-9)19-13-11(16)7-10(15)12(17)18-13/h2-7,20H,8H2,1H3,(H,18,19). The van der Waals surface area contributed by atoms with E-state index in [0.717, 1.165) is 0 Å². The van der Waals surface area contributed by atoms with Gasteiger partial charge in [0, 0.05) is 6.07 Å². The Morgan fingerprint density at radius 2 is 1.80 bits per heavy atom. The highest BCUT2D eigenvalue weighted by Gasteiger charge is 2.27. The molecule has 1 aromatic heterocycles. The van der Waals surface area contributed by atoms with Crippen molar-refractivity contribution in [2.45, 2.75) is 12.5 Å². The van der Waals surface area contributed by atoms with Crippen LogP contribution in [0, 0.1) is 17.6 Å². The molecule has 1 aromatic carbocycles. The molecule has 2 aromatic rings. The Hall–Kier alpha value is -2.08. The molecule has 0 aliphatic rings. The summed E-state index contributed by atoms with van der Waals surface area (Å²) < 4.78 is 39.5. The molecule has 0 amide bonds. The van der Waals surface area contributed by atoms with Gasteiger partial charge >= 0.3 is 0 Å². The van der Waals surface area contributed by atoms with Gasteiger partial charge in [0.25, 0.3) is 5.95 Å². The van der Waals surface area contributed by atoms with Crippen molar-refractivity contribution in [3.05, 3.63) is 59.5 Å². The fourth-order valence-electron chi connectivity index (χ4n) is 1.80. The van der Waals surface area contributed by atoms with Crippen molar-refractivity contribution in [2.75, 3.05) is 11.9 Å². The lowest BCUT2D eigenvalue weighted by molar-refractivity contribution is 0.223. The Balaban J connectivity index is 2.38. The minimum Gasteiger partial charge on any atom is -0.394 e. The number of nitrogens with zero attached hydrogens (tertiary/aromatic N) is 1. The van der Waals surface area contributed by atoms with Crippen molar-refractivity contribution >= 4 is 5.82 Å². The predicted octanol–water partition coefficient (Wildman–Crippen LogP) is 2.82. The summed E-state index contributed by atoms with van der Waals surface area (Å²) in [7, 11) is 0. The molecule has 0 aliphatic carbocycles. The van der Waals surface area contributed by atoms with Crippen LogP contribution in [0.5, 0.6) is 0 Å². The van der Waals surface area contributed by atoms with E-state index in [1.54, 1.807) is 37.3 Å². The average molecular weight is 282 g/mol. The van der Waals surface area contributed by atoms with Gasteiger partial charge in [0.15, 0.2) is 17.5 Å². The van der Waals surface area contributed by atoms with Crippen LogP contribution in [-0.2, 0) is 5.54 Å². The van der Waals surface area contributed by atoms with Crippen LogP contribution in [0.25, 0.3) is 0 Å². The zero-order valence-corrected chi connectivity index (χ0v) is 10.7. The third-order valence-electron chi connectivity index (χ3n) is 3.01. The molecule has 0 bridgehead atoms. The highest BCUT2D eigenvalue weighted by Crippen LogP contribution is 2.26. The van der Waals surface area contributed by atoms with Gasteiger partial charge in [-0.3, -0.25) is 0 Å². The number of hydrogen-bond donors (Lipinski definition) is 2. The lowest BCUT2D eigenvalue weighted by atomic mass is 9.93. The van der Waals surface area contributed by atoms with Crippen LogP contribution in [0.15, 0.2) is 36.4 Å². The van der Waals surface area contributed by atoms with Gasteiger partial charge in [-0.05, 0) is 12.5 Å². The van der Waals surface area contributed by atoms with Gasteiger partial charge in [0.2, 0.25) is 0 Å². The van der Waals surface area contributed by atoms with E-state index in [0.29, 0.717) is 11.6 Å². The van der Waals surface area contributed by atoms with Crippen LogP contribution in [0.2, 0.25) is 0 Å². The molecule has 3 nitrogen and oxygen atoms in total. The summed E-state index contributed by atoms with van der Waals surface area (Å²) in [6, 6.07) is 9.15. The van der Waals surface area contributed by atoms with E-state index in [-0.39, 0.29) is 6.61 Å². The van der Waals surface area contributed by atoms with Crippen LogP contribution < -0.4 is 5.32 Å². The zero-order valence-electron chi connectivity index (χ0n) is 10.7.